The van der Waals surface area contributed by atoms with Crippen molar-refractivity contribution in [3.63, 3.8) is 0 Å². The fourth-order valence-corrected chi connectivity index (χ4v) is 2.83. The van der Waals surface area contributed by atoms with Crippen LogP contribution in [-0.4, -0.2) is 37.3 Å². The molecule has 1 aliphatic carbocycles. The van der Waals surface area contributed by atoms with Crippen molar-refractivity contribution in [2.45, 2.75) is 56.9 Å². The maximum Gasteiger partial charge on any atom is 0.191 e. The Morgan fingerprint density at radius 3 is 2.35 bits per heavy atom. The summed E-state index contributed by atoms with van der Waals surface area (Å²) >= 11 is 0. The Balaban J connectivity index is 0.00000108. The molecule has 1 saturated carbocycles. The first kappa shape index (κ1) is 13.4. The molecule has 0 spiro atoms. The second-order valence-corrected chi connectivity index (χ2v) is 5.40. The van der Waals surface area contributed by atoms with E-state index >= 15 is 0 Å². The number of nitrogens with zero attached hydrogens (tertiary/aromatic N) is 1. The maximum absolute atomic E-state index is 5.83. The molecule has 5 unspecified atom stereocenters. The van der Waals surface area contributed by atoms with Crippen molar-refractivity contribution in [1.82, 2.24) is 10.6 Å². The molecular weight excluding hydrogens is 329 g/mol. The van der Waals surface area contributed by atoms with Gasteiger partial charge in [-0.05, 0) is 31.6 Å². The molecule has 0 amide bonds. The molecule has 2 bridgehead atoms. The van der Waals surface area contributed by atoms with Crippen molar-refractivity contribution < 1.29 is 4.74 Å². The predicted molar refractivity (Wildman–Crippen MR) is 78.9 cm³/mol. The first-order valence-corrected chi connectivity index (χ1v) is 6.41. The molecule has 0 aromatic heterocycles. The highest BCUT2D eigenvalue weighted by Gasteiger charge is 2.41. The summed E-state index contributed by atoms with van der Waals surface area (Å²) in [7, 11) is 1.84. The molecular formula is C12H22IN3O. The summed E-state index contributed by atoms with van der Waals surface area (Å²) in [4.78, 5) is 4.29. The minimum atomic E-state index is 0. The lowest BCUT2D eigenvalue weighted by molar-refractivity contribution is 0.0992. The SMILES string of the molecule is CN=C(NC1CC1C)NC1CC2CCC1O2.I. The number of hydrogen-bond acceptors (Lipinski definition) is 2. The van der Waals surface area contributed by atoms with Gasteiger partial charge in [-0.3, -0.25) is 4.99 Å². The van der Waals surface area contributed by atoms with Gasteiger partial charge in [0.05, 0.1) is 18.2 Å². The molecule has 3 fully saturated rings. The fraction of sp³-hybridized carbons (Fsp3) is 0.917. The first-order chi connectivity index (χ1) is 7.76. The Morgan fingerprint density at radius 1 is 1.18 bits per heavy atom. The van der Waals surface area contributed by atoms with Crippen molar-refractivity contribution in [3.8, 4) is 0 Å². The lowest BCUT2D eigenvalue weighted by Crippen LogP contribution is -2.48. The van der Waals surface area contributed by atoms with Crippen LogP contribution < -0.4 is 10.6 Å². The van der Waals surface area contributed by atoms with Gasteiger partial charge in [-0.2, -0.15) is 0 Å². The van der Waals surface area contributed by atoms with Crippen LogP contribution in [0.2, 0.25) is 0 Å². The minimum Gasteiger partial charge on any atom is -0.373 e. The summed E-state index contributed by atoms with van der Waals surface area (Å²) in [6.45, 7) is 2.27. The highest BCUT2D eigenvalue weighted by Crippen LogP contribution is 2.34. The van der Waals surface area contributed by atoms with Gasteiger partial charge in [0, 0.05) is 13.1 Å². The molecule has 98 valence electrons. The summed E-state index contributed by atoms with van der Waals surface area (Å²) in [5.41, 5.74) is 0. The summed E-state index contributed by atoms with van der Waals surface area (Å²) in [5.74, 6) is 1.75. The van der Waals surface area contributed by atoms with Gasteiger partial charge in [0.25, 0.3) is 0 Å². The quantitative estimate of drug-likeness (QED) is 0.450. The molecule has 2 N–H and O–H groups in total. The van der Waals surface area contributed by atoms with Crippen LogP contribution in [0.15, 0.2) is 4.99 Å². The fourth-order valence-electron chi connectivity index (χ4n) is 2.83. The standard InChI is InChI=1S/C12H21N3O.HI/c1-7-5-9(7)14-12(13-2)15-10-6-8-3-4-11(10)16-8;/h7-11H,3-6H2,1-2H3,(H2,13,14,15);1H. The van der Waals surface area contributed by atoms with E-state index in [1.165, 1.54) is 19.3 Å². The lowest BCUT2D eigenvalue weighted by atomic mass is 9.96. The molecule has 5 atom stereocenters. The van der Waals surface area contributed by atoms with E-state index in [1.807, 2.05) is 7.05 Å². The Morgan fingerprint density at radius 2 is 1.88 bits per heavy atom. The van der Waals surface area contributed by atoms with Gasteiger partial charge in [-0.15, -0.1) is 24.0 Å². The van der Waals surface area contributed by atoms with Crippen LogP contribution >= 0.6 is 24.0 Å². The van der Waals surface area contributed by atoms with Gasteiger partial charge >= 0.3 is 0 Å². The molecule has 2 aliphatic heterocycles. The molecule has 2 saturated heterocycles. The highest BCUT2D eigenvalue weighted by molar-refractivity contribution is 14.0. The number of rotatable bonds is 2. The zero-order chi connectivity index (χ0) is 11.1. The normalized spacial score (nSPS) is 43.2. The van der Waals surface area contributed by atoms with E-state index in [9.17, 15) is 0 Å². The zero-order valence-corrected chi connectivity index (χ0v) is 12.8. The van der Waals surface area contributed by atoms with E-state index in [0.29, 0.717) is 24.3 Å². The Bertz CT molecular complexity index is 310. The number of guanidine groups is 1. The second kappa shape index (κ2) is 5.30. The van der Waals surface area contributed by atoms with Gasteiger partial charge in [-0.25, -0.2) is 0 Å². The maximum atomic E-state index is 5.83. The van der Waals surface area contributed by atoms with Gasteiger partial charge in [0.15, 0.2) is 5.96 Å². The number of ether oxygens (including phenoxy) is 1. The van der Waals surface area contributed by atoms with Gasteiger partial charge in [-0.1, -0.05) is 6.92 Å². The molecule has 4 nitrogen and oxygen atoms in total. The molecule has 0 aromatic rings. The third kappa shape index (κ3) is 2.86. The van der Waals surface area contributed by atoms with Crippen molar-refractivity contribution in [1.29, 1.82) is 0 Å². The van der Waals surface area contributed by atoms with E-state index in [0.717, 1.165) is 18.3 Å². The minimum absolute atomic E-state index is 0. The predicted octanol–water partition coefficient (Wildman–Crippen LogP) is 1.50. The van der Waals surface area contributed by atoms with Crippen molar-refractivity contribution in [3.05, 3.63) is 0 Å². The summed E-state index contributed by atoms with van der Waals surface area (Å²) in [5, 5.41) is 6.96. The monoisotopic (exact) mass is 351 g/mol. The third-order valence-corrected chi connectivity index (χ3v) is 4.08. The first-order valence-electron chi connectivity index (χ1n) is 6.41. The van der Waals surface area contributed by atoms with Crippen molar-refractivity contribution >= 4 is 29.9 Å². The molecule has 2 heterocycles. The molecule has 3 rings (SSSR count). The number of nitrogens with one attached hydrogen (secondary N) is 2. The van der Waals surface area contributed by atoms with Crippen molar-refractivity contribution in [2.24, 2.45) is 10.9 Å². The van der Waals surface area contributed by atoms with E-state index in [-0.39, 0.29) is 24.0 Å². The van der Waals surface area contributed by atoms with E-state index in [1.54, 1.807) is 0 Å². The molecule has 3 aliphatic rings. The summed E-state index contributed by atoms with van der Waals surface area (Å²) in [6, 6.07) is 1.10. The Labute approximate surface area is 120 Å². The summed E-state index contributed by atoms with van der Waals surface area (Å²) in [6.07, 6.45) is 5.79. The largest absolute Gasteiger partial charge is 0.373 e. The van der Waals surface area contributed by atoms with Crippen molar-refractivity contribution in [2.75, 3.05) is 7.05 Å². The number of fused-ring (bicyclic) bond motifs is 2. The topological polar surface area (TPSA) is 45.7 Å². The highest BCUT2D eigenvalue weighted by atomic mass is 127. The van der Waals surface area contributed by atoms with Gasteiger partial charge < -0.3 is 15.4 Å². The number of aliphatic imine (C=N–C) groups is 1. The zero-order valence-electron chi connectivity index (χ0n) is 10.5. The van der Waals surface area contributed by atoms with Crippen LogP contribution in [0.1, 0.15) is 32.6 Å². The lowest BCUT2D eigenvalue weighted by Gasteiger charge is -2.22. The van der Waals surface area contributed by atoms with Crippen LogP contribution in [0.25, 0.3) is 0 Å². The Hall–Kier alpha value is -0.0400. The molecule has 17 heavy (non-hydrogen) atoms. The van der Waals surface area contributed by atoms with Gasteiger partial charge in [0.1, 0.15) is 0 Å². The van der Waals surface area contributed by atoms with Crippen LogP contribution in [0.5, 0.6) is 0 Å². The number of hydrogen-bond donors (Lipinski definition) is 2. The van der Waals surface area contributed by atoms with Gasteiger partial charge in [0.2, 0.25) is 0 Å². The Kier molecular flexibility index (Phi) is 4.18. The van der Waals surface area contributed by atoms with Crippen LogP contribution in [-0.2, 0) is 4.74 Å². The smallest absolute Gasteiger partial charge is 0.191 e. The average molecular weight is 351 g/mol. The van der Waals surface area contributed by atoms with E-state index in [2.05, 4.69) is 22.5 Å². The van der Waals surface area contributed by atoms with Crippen LogP contribution in [0.4, 0.5) is 0 Å². The average Bonchev–Trinajstić information content (AvgIpc) is 2.70. The van der Waals surface area contributed by atoms with E-state index < -0.39 is 0 Å². The molecule has 0 radical (unpaired) electrons. The molecule has 0 aromatic carbocycles. The molecule has 5 heteroatoms. The second-order valence-electron chi connectivity index (χ2n) is 5.40. The van der Waals surface area contributed by atoms with E-state index in [4.69, 9.17) is 4.74 Å². The summed E-state index contributed by atoms with van der Waals surface area (Å²) < 4.78 is 5.83. The third-order valence-electron chi connectivity index (χ3n) is 4.08. The van der Waals surface area contributed by atoms with Crippen LogP contribution in [0.3, 0.4) is 0 Å². The number of halogens is 1. The van der Waals surface area contributed by atoms with Crippen LogP contribution in [0, 0.1) is 5.92 Å².